The second-order valence-corrected chi connectivity index (χ2v) is 3.38. The molecule has 0 N–H and O–H groups in total. The van der Waals surface area contributed by atoms with Gasteiger partial charge in [-0.25, -0.2) is 0 Å². The molecule has 16 heavy (non-hydrogen) atoms. The predicted octanol–water partition coefficient (Wildman–Crippen LogP) is 4.20. The van der Waals surface area contributed by atoms with Crippen LogP contribution in [0.4, 0.5) is 8.78 Å². The van der Waals surface area contributed by atoms with Gasteiger partial charge in [-0.15, -0.1) is 0 Å². The van der Waals surface area contributed by atoms with E-state index in [0.717, 1.165) is 0 Å². The fourth-order valence-corrected chi connectivity index (χ4v) is 1.56. The third-order valence-electron chi connectivity index (χ3n) is 1.96. The van der Waals surface area contributed by atoms with Crippen LogP contribution in [-0.2, 0) is 0 Å². The van der Waals surface area contributed by atoms with Crippen LogP contribution in [0.2, 0.25) is 5.02 Å². The fraction of sp³-hybridized carbons (Fsp3) is 0.0909. The second kappa shape index (κ2) is 4.53. The minimum atomic E-state index is -2.92. The van der Waals surface area contributed by atoms with E-state index in [1.807, 2.05) is 0 Å². The van der Waals surface area contributed by atoms with Gasteiger partial charge < -0.3 is 9.15 Å². The first-order valence-corrected chi connectivity index (χ1v) is 4.83. The maximum atomic E-state index is 12.2. The summed E-state index contributed by atoms with van der Waals surface area (Å²) in [5.74, 6) is 0.354. The van der Waals surface area contributed by atoms with Crippen LogP contribution in [0, 0.1) is 0 Å². The SMILES string of the molecule is FC(F)Oc1c(Cl)cccc1-c1ccco1. The molecule has 0 aliphatic rings. The topological polar surface area (TPSA) is 22.4 Å². The summed E-state index contributed by atoms with van der Waals surface area (Å²) < 4.78 is 33.9. The number of benzene rings is 1. The molecule has 5 heteroatoms. The molecule has 1 aromatic heterocycles. The Bertz CT molecular complexity index is 469. The van der Waals surface area contributed by atoms with Crippen molar-refractivity contribution in [2.45, 2.75) is 6.61 Å². The number of hydrogen-bond donors (Lipinski definition) is 0. The number of ether oxygens (including phenoxy) is 1. The largest absolute Gasteiger partial charge is 0.464 e. The zero-order chi connectivity index (χ0) is 11.5. The second-order valence-electron chi connectivity index (χ2n) is 2.97. The Hall–Kier alpha value is -1.55. The molecule has 0 radical (unpaired) electrons. The van der Waals surface area contributed by atoms with E-state index in [0.29, 0.717) is 11.3 Å². The molecule has 2 rings (SSSR count). The number of para-hydroxylation sites is 1. The summed E-state index contributed by atoms with van der Waals surface area (Å²) in [4.78, 5) is 0. The van der Waals surface area contributed by atoms with Gasteiger partial charge in [-0.1, -0.05) is 17.7 Å². The van der Waals surface area contributed by atoms with Crippen LogP contribution in [0.1, 0.15) is 0 Å². The molecule has 84 valence electrons. The van der Waals surface area contributed by atoms with Crippen LogP contribution >= 0.6 is 11.6 Å². The lowest BCUT2D eigenvalue weighted by Crippen LogP contribution is -2.03. The molecule has 0 aliphatic carbocycles. The van der Waals surface area contributed by atoms with Gasteiger partial charge in [0, 0.05) is 0 Å². The van der Waals surface area contributed by atoms with Gasteiger partial charge in [0.25, 0.3) is 0 Å². The van der Waals surface area contributed by atoms with E-state index in [2.05, 4.69) is 4.74 Å². The summed E-state index contributed by atoms with van der Waals surface area (Å²) >= 11 is 5.79. The molecule has 0 saturated carbocycles. The molecule has 0 fully saturated rings. The highest BCUT2D eigenvalue weighted by Crippen LogP contribution is 2.37. The highest BCUT2D eigenvalue weighted by Gasteiger charge is 2.16. The average molecular weight is 245 g/mol. The Morgan fingerprint density at radius 2 is 2.00 bits per heavy atom. The van der Waals surface area contributed by atoms with Gasteiger partial charge in [-0.3, -0.25) is 0 Å². The molecule has 0 bridgehead atoms. The fourth-order valence-electron chi connectivity index (χ4n) is 1.34. The van der Waals surface area contributed by atoms with Crippen LogP contribution in [-0.4, -0.2) is 6.61 Å². The van der Waals surface area contributed by atoms with E-state index in [4.69, 9.17) is 16.0 Å². The first-order chi connectivity index (χ1) is 7.68. The molecule has 1 aromatic carbocycles. The lowest BCUT2D eigenvalue weighted by atomic mass is 10.1. The van der Waals surface area contributed by atoms with Gasteiger partial charge in [0.15, 0.2) is 5.75 Å². The molecule has 0 aliphatic heterocycles. The van der Waals surface area contributed by atoms with Crippen molar-refractivity contribution >= 4 is 11.6 Å². The van der Waals surface area contributed by atoms with Crippen LogP contribution < -0.4 is 4.74 Å². The predicted molar refractivity (Wildman–Crippen MR) is 55.8 cm³/mol. The van der Waals surface area contributed by atoms with E-state index in [-0.39, 0.29) is 10.8 Å². The maximum absolute atomic E-state index is 12.2. The third kappa shape index (κ3) is 2.17. The Labute approximate surface area is 95.4 Å². The van der Waals surface area contributed by atoms with Crippen molar-refractivity contribution in [3.05, 3.63) is 41.6 Å². The Morgan fingerprint density at radius 1 is 1.19 bits per heavy atom. The van der Waals surface area contributed by atoms with E-state index >= 15 is 0 Å². The van der Waals surface area contributed by atoms with Gasteiger partial charge in [0.05, 0.1) is 16.8 Å². The van der Waals surface area contributed by atoms with Gasteiger partial charge in [-0.05, 0) is 24.3 Å². The van der Waals surface area contributed by atoms with Gasteiger partial charge >= 0.3 is 6.61 Å². The summed E-state index contributed by atoms with van der Waals surface area (Å²) in [7, 11) is 0. The van der Waals surface area contributed by atoms with E-state index in [1.165, 1.54) is 12.3 Å². The van der Waals surface area contributed by atoms with Crippen molar-refractivity contribution in [2.24, 2.45) is 0 Å². The van der Waals surface area contributed by atoms with Crippen molar-refractivity contribution in [1.82, 2.24) is 0 Å². The molecule has 0 amide bonds. The standard InChI is InChI=1S/C11H7ClF2O2/c12-8-4-1-3-7(9-5-2-6-15-9)10(8)16-11(13)14/h1-6,11H. The van der Waals surface area contributed by atoms with E-state index < -0.39 is 6.61 Å². The molecule has 0 saturated heterocycles. The molecular weight excluding hydrogens is 238 g/mol. The monoisotopic (exact) mass is 244 g/mol. The van der Waals surface area contributed by atoms with Crippen LogP contribution in [0.5, 0.6) is 5.75 Å². The Kier molecular flexibility index (Phi) is 3.10. The lowest BCUT2D eigenvalue weighted by molar-refractivity contribution is -0.0494. The van der Waals surface area contributed by atoms with Crippen LogP contribution in [0.15, 0.2) is 41.0 Å². The van der Waals surface area contributed by atoms with Crippen LogP contribution in [0.3, 0.4) is 0 Å². The van der Waals surface area contributed by atoms with Gasteiger partial charge in [-0.2, -0.15) is 8.78 Å². The Balaban J connectivity index is 2.48. The normalized spacial score (nSPS) is 10.8. The average Bonchev–Trinajstić information content (AvgIpc) is 2.73. The van der Waals surface area contributed by atoms with Crippen molar-refractivity contribution < 1.29 is 17.9 Å². The summed E-state index contributed by atoms with van der Waals surface area (Å²) in [5, 5.41) is 0.120. The quantitative estimate of drug-likeness (QED) is 0.807. The van der Waals surface area contributed by atoms with E-state index in [1.54, 1.807) is 24.3 Å². The summed E-state index contributed by atoms with van der Waals surface area (Å²) in [6.45, 7) is -2.92. The third-order valence-corrected chi connectivity index (χ3v) is 2.26. The number of hydrogen-bond acceptors (Lipinski definition) is 2. The first kappa shape index (κ1) is 11.0. The molecule has 0 unspecified atom stereocenters. The maximum Gasteiger partial charge on any atom is 0.387 e. The zero-order valence-electron chi connectivity index (χ0n) is 7.99. The molecule has 0 spiro atoms. The molecule has 1 heterocycles. The van der Waals surface area contributed by atoms with Crippen molar-refractivity contribution in [2.75, 3.05) is 0 Å². The number of rotatable bonds is 3. The molecule has 2 nitrogen and oxygen atoms in total. The first-order valence-electron chi connectivity index (χ1n) is 4.45. The summed E-state index contributed by atoms with van der Waals surface area (Å²) in [5.41, 5.74) is 0.401. The zero-order valence-corrected chi connectivity index (χ0v) is 8.75. The minimum absolute atomic E-state index is 0.0749. The molecular formula is C11H7ClF2O2. The molecule has 0 atom stereocenters. The van der Waals surface area contributed by atoms with Crippen LogP contribution in [0.25, 0.3) is 11.3 Å². The number of furan rings is 1. The highest BCUT2D eigenvalue weighted by atomic mass is 35.5. The highest BCUT2D eigenvalue weighted by molar-refractivity contribution is 6.32. The van der Waals surface area contributed by atoms with Gasteiger partial charge in [0.1, 0.15) is 5.76 Å². The lowest BCUT2D eigenvalue weighted by Gasteiger charge is -2.10. The summed E-state index contributed by atoms with van der Waals surface area (Å²) in [6.07, 6.45) is 1.45. The minimum Gasteiger partial charge on any atom is -0.464 e. The van der Waals surface area contributed by atoms with Crippen molar-refractivity contribution in [3.63, 3.8) is 0 Å². The van der Waals surface area contributed by atoms with Gasteiger partial charge in [0.2, 0.25) is 0 Å². The van der Waals surface area contributed by atoms with E-state index in [9.17, 15) is 8.78 Å². The number of alkyl halides is 2. The Morgan fingerprint density at radius 3 is 2.62 bits per heavy atom. The summed E-state index contributed by atoms with van der Waals surface area (Å²) in [6, 6.07) is 8.01. The van der Waals surface area contributed by atoms with Crippen molar-refractivity contribution in [1.29, 1.82) is 0 Å². The number of halogens is 3. The smallest absolute Gasteiger partial charge is 0.387 e. The van der Waals surface area contributed by atoms with Crippen molar-refractivity contribution in [3.8, 4) is 17.1 Å². The molecule has 2 aromatic rings.